The molecule has 0 aliphatic carbocycles. The van der Waals surface area contributed by atoms with Crippen molar-refractivity contribution in [3.8, 4) is 5.75 Å². The highest BCUT2D eigenvalue weighted by Gasteiger charge is 2.46. The molecule has 1 atom stereocenters. The second kappa shape index (κ2) is 5.31. The molecule has 0 bridgehead atoms. The quantitative estimate of drug-likeness (QED) is 0.866. The zero-order valence-electron chi connectivity index (χ0n) is 13.3. The van der Waals surface area contributed by atoms with E-state index in [9.17, 15) is 0 Å². The highest BCUT2D eigenvalue weighted by molar-refractivity contribution is 6.64. The Morgan fingerprint density at radius 2 is 2.14 bits per heavy atom. The fourth-order valence-corrected chi connectivity index (χ4v) is 3.18. The van der Waals surface area contributed by atoms with Crippen LogP contribution in [0.25, 0.3) is 0 Å². The van der Waals surface area contributed by atoms with Crippen molar-refractivity contribution in [2.45, 2.75) is 51.7 Å². The van der Waals surface area contributed by atoms with E-state index in [1.807, 2.05) is 13.8 Å². The molecule has 2 aliphatic rings. The lowest BCUT2D eigenvalue weighted by molar-refractivity contribution is 0.0265. The molecule has 2 N–H and O–H groups in total. The Labute approximate surface area is 127 Å². The summed E-state index contributed by atoms with van der Waals surface area (Å²) in [5.41, 5.74) is 9.01. The van der Waals surface area contributed by atoms with Crippen molar-refractivity contribution in [2.24, 2.45) is 5.73 Å². The van der Waals surface area contributed by atoms with Crippen molar-refractivity contribution in [2.75, 3.05) is 13.2 Å². The summed E-state index contributed by atoms with van der Waals surface area (Å²) in [4.78, 5) is 0. The van der Waals surface area contributed by atoms with E-state index in [1.54, 1.807) is 0 Å². The Hall–Kier alpha value is -1.04. The molecule has 0 unspecified atom stereocenters. The van der Waals surface area contributed by atoms with Gasteiger partial charge in [0.05, 0.1) is 11.7 Å². The zero-order chi connectivity index (χ0) is 15.2. The maximum Gasteiger partial charge on any atom is 0.499 e. The average Bonchev–Trinajstić information content (AvgIpc) is 2.68. The van der Waals surface area contributed by atoms with E-state index in [1.165, 1.54) is 11.1 Å². The largest absolute Gasteiger partial charge is 0.499 e. The summed E-state index contributed by atoms with van der Waals surface area (Å²) in [6.07, 6.45) is 0.807. The fourth-order valence-electron chi connectivity index (χ4n) is 3.18. The molecule has 21 heavy (non-hydrogen) atoms. The predicted molar refractivity (Wildman–Crippen MR) is 84.1 cm³/mol. The van der Waals surface area contributed by atoms with E-state index >= 15 is 0 Å². The number of benzene rings is 1. The van der Waals surface area contributed by atoms with Crippen LogP contribution in [0.3, 0.4) is 0 Å². The van der Waals surface area contributed by atoms with Gasteiger partial charge in [0.1, 0.15) is 12.4 Å². The van der Waals surface area contributed by atoms with E-state index < -0.39 is 0 Å². The number of ether oxygens (including phenoxy) is 1. The van der Waals surface area contributed by atoms with Crippen LogP contribution in [0, 0.1) is 0 Å². The number of rotatable bonds is 3. The smallest absolute Gasteiger partial charge is 0.491 e. The minimum atomic E-state index is -0.365. The summed E-state index contributed by atoms with van der Waals surface area (Å²) < 4.78 is 18.3. The Morgan fingerprint density at radius 3 is 2.81 bits per heavy atom. The minimum absolute atomic E-state index is 0.00449. The molecule has 3 rings (SSSR count). The zero-order valence-corrected chi connectivity index (χ0v) is 13.3. The first kappa shape index (κ1) is 14.9. The summed E-state index contributed by atoms with van der Waals surface area (Å²) in [5.74, 6) is 1.33. The minimum Gasteiger partial charge on any atom is -0.491 e. The van der Waals surface area contributed by atoms with E-state index in [4.69, 9.17) is 19.8 Å². The highest BCUT2D eigenvalue weighted by atomic mass is 16.6. The Bertz CT molecular complexity index is 545. The molecule has 0 saturated heterocycles. The molecule has 0 amide bonds. The third-order valence-electron chi connectivity index (χ3n) is 4.18. The summed E-state index contributed by atoms with van der Waals surface area (Å²) in [6.45, 7) is 9.59. The SMILES string of the molecule is CC(C)c1ccc2c3c1[C@@H](CCN)OB3OC(C)(C)CO2. The van der Waals surface area contributed by atoms with E-state index in [0.717, 1.165) is 17.6 Å². The molecule has 114 valence electrons. The Kier molecular flexibility index (Phi) is 3.76. The average molecular weight is 289 g/mol. The van der Waals surface area contributed by atoms with Crippen molar-refractivity contribution >= 4 is 12.6 Å². The van der Waals surface area contributed by atoms with Crippen molar-refractivity contribution in [1.82, 2.24) is 0 Å². The van der Waals surface area contributed by atoms with Crippen LogP contribution in [0.2, 0.25) is 0 Å². The van der Waals surface area contributed by atoms with Gasteiger partial charge in [0.15, 0.2) is 0 Å². The van der Waals surface area contributed by atoms with Crippen LogP contribution in [0.15, 0.2) is 12.1 Å². The molecule has 1 aromatic carbocycles. The van der Waals surface area contributed by atoms with Crippen LogP contribution >= 0.6 is 0 Å². The molecule has 2 heterocycles. The predicted octanol–water partition coefficient (Wildman–Crippen LogP) is 2.11. The van der Waals surface area contributed by atoms with Gasteiger partial charge in [-0.2, -0.15) is 0 Å². The molecular weight excluding hydrogens is 265 g/mol. The van der Waals surface area contributed by atoms with Gasteiger partial charge < -0.3 is 19.8 Å². The maximum absolute atomic E-state index is 6.18. The summed E-state index contributed by atoms with van der Waals surface area (Å²) >= 11 is 0. The van der Waals surface area contributed by atoms with Crippen LogP contribution in [-0.2, 0) is 9.31 Å². The van der Waals surface area contributed by atoms with Crippen molar-refractivity contribution in [3.05, 3.63) is 23.3 Å². The van der Waals surface area contributed by atoms with Gasteiger partial charge in [-0.15, -0.1) is 0 Å². The van der Waals surface area contributed by atoms with Crippen LogP contribution in [0.5, 0.6) is 5.75 Å². The van der Waals surface area contributed by atoms with Gasteiger partial charge in [-0.3, -0.25) is 0 Å². The van der Waals surface area contributed by atoms with Gasteiger partial charge in [-0.25, -0.2) is 0 Å². The first-order valence-electron chi connectivity index (χ1n) is 7.76. The Balaban J connectivity index is 2.12. The molecule has 0 radical (unpaired) electrons. The summed E-state index contributed by atoms with van der Waals surface area (Å²) in [7, 11) is -0.345. The lowest BCUT2D eigenvalue weighted by Gasteiger charge is -2.25. The lowest BCUT2D eigenvalue weighted by atomic mass is 9.74. The first-order valence-corrected chi connectivity index (χ1v) is 7.76. The standard InChI is InChI=1S/C16H24BNO3/c1-10(2)11-5-6-13-15-14(11)12(7-8-18)20-17(15)21-16(3,4)9-19-13/h5-6,10,12H,7-9,18H2,1-4H3/t12-/m1/s1. The van der Waals surface area contributed by atoms with E-state index in [-0.39, 0.29) is 18.8 Å². The Morgan fingerprint density at radius 1 is 1.38 bits per heavy atom. The van der Waals surface area contributed by atoms with Crippen LogP contribution in [0.1, 0.15) is 57.3 Å². The fraction of sp³-hybridized carbons (Fsp3) is 0.625. The maximum atomic E-state index is 6.18. The van der Waals surface area contributed by atoms with Crippen LogP contribution < -0.4 is 15.9 Å². The number of nitrogens with two attached hydrogens (primary N) is 1. The second-order valence-electron chi connectivity index (χ2n) is 6.84. The number of hydrogen-bond donors (Lipinski definition) is 1. The van der Waals surface area contributed by atoms with E-state index in [2.05, 4.69) is 26.0 Å². The van der Waals surface area contributed by atoms with Crippen molar-refractivity contribution < 1.29 is 14.0 Å². The lowest BCUT2D eigenvalue weighted by Crippen LogP contribution is -2.40. The normalized spacial score (nSPS) is 23.0. The topological polar surface area (TPSA) is 53.7 Å². The summed E-state index contributed by atoms with van der Waals surface area (Å²) in [5, 5.41) is 0. The van der Waals surface area contributed by atoms with Gasteiger partial charge in [0.2, 0.25) is 0 Å². The molecule has 0 fully saturated rings. The second-order valence-corrected chi connectivity index (χ2v) is 6.84. The molecular formula is C16H24BNO3. The monoisotopic (exact) mass is 289 g/mol. The molecule has 5 heteroatoms. The van der Waals surface area contributed by atoms with E-state index in [0.29, 0.717) is 19.1 Å². The summed E-state index contributed by atoms with van der Waals surface area (Å²) in [6, 6.07) is 4.21. The number of hydrogen-bond acceptors (Lipinski definition) is 4. The molecule has 0 aromatic heterocycles. The van der Waals surface area contributed by atoms with Crippen molar-refractivity contribution in [1.29, 1.82) is 0 Å². The van der Waals surface area contributed by atoms with Gasteiger partial charge in [-0.05, 0) is 49.9 Å². The highest BCUT2D eigenvalue weighted by Crippen LogP contribution is 2.38. The van der Waals surface area contributed by atoms with Gasteiger partial charge in [-0.1, -0.05) is 19.9 Å². The molecule has 0 spiro atoms. The van der Waals surface area contributed by atoms with Gasteiger partial charge in [0.25, 0.3) is 0 Å². The van der Waals surface area contributed by atoms with Gasteiger partial charge >= 0.3 is 7.12 Å². The van der Waals surface area contributed by atoms with Crippen molar-refractivity contribution in [3.63, 3.8) is 0 Å². The molecule has 0 saturated carbocycles. The third-order valence-corrected chi connectivity index (χ3v) is 4.18. The van der Waals surface area contributed by atoms with Crippen LogP contribution in [-0.4, -0.2) is 25.9 Å². The third kappa shape index (κ3) is 2.58. The molecule has 2 aliphatic heterocycles. The first-order chi connectivity index (χ1) is 9.93. The van der Waals surface area contributed by atoms with Gasteiger partial charge in [0, 0.05) is 5.46 Å². The molecule has 1 aromatic rings. The van der Waals surface area contributed by atoms with Crippen LogP contribution in [0.4, 0.5) is 0 Å². The molecule has 4 nitrogen and oxygen atoms in total.